The average molecular weight is 206 g/mol. The molecule has 2 aromatic rings. The van der Waals surface area contributed by atoms with E-state index in [9.17, 15) is 10.0 Å². The Bertz CT molecular complexity index is 557. The van der Waals surface area contributed by atoms with Gasteiger partial charge < -0.3 is 9.73 Å². The molecule has 0 aromatic carbocycles. The third kappa shape index (κ3) is 1.27. The highest BCUT2D eigenvalue weighted by Gasteiger charge is 2.23. The summed E-state index contributed by atoms with van der Waals surface area (Å²) in [4.78, 5) is 11.3. The van der Waals surface area contributed by atoms with Gasteiger partial charge in [0, 0.05) is 18.6 Å². The van der Waals surface area contributed by atoms with Gasteiger partial charge in [-0.3, -0.25) is 4.79 Å². The lowest BCUT2D eigenvalue weighted by Gasteiger charge is -2.04. The Hall–Kier alpha value is -1.91. The van der Waals surface area contributed by atoms with E-state index in [-0.39, 0.29) is 11.5 Å². The Kier molecular flexibility index (Phi) is 1.96. The van der Waals surface area contributed by atoms with E-state index in [0.29, 0.717) is 27.1 Å². The minimum Gasteiger partial charge on any atom is -0.618 e. The van der Waals surface area contributed by atoms with Crippen molar-refractivity contribution in [1.29, 1.82) is 0 Å². The monoisotopic (exact) mass is 206 g/mol. The summed E-state index contributed by atoms with van der Waals surface area (Å²) in [5, 5.41) is 15.6. The standard InChI is InChI=1S/C10H10N2O3/c1-5-4-8-10(6(2)11-15-8)12(14)9(5)7(3)13/h4H,1-3H3. The molecule has 0 N–H and O–H groups in total. The predicted octanol–water partition coefficient (Wildman–Crippen LogP) is 1.28. The number of rotatable bonds is 1. The third-order valence-corrected chi connectivity index (χ3v) is 2.32. The van der Waals surface area contributed by atoms with E-state index < -0.39 is 0 Å². The zero-order chi connectivity index (χ0) is 11.2. The molecule has 0 aliphatic rings. The van der Waals surface area contributed by atoms with E-state index >= 15 is 0 Å². The van der Waals surface area contributed by atoms with Crippen LogP contribution in [0.5, 0.6) is 0 Å². The average Bonchev–Trinajstić information content (AvgIpc) is 2.46. The first kappa shape index (κ1) is 9.64. The molecule has 5 nitrogen and oxygen atoms in total. The molecule has 15 heavy (non-hydrogen) atoms. The normalized spacial score (nSPS) is 10.9. The van der Waals surface area contributed by atoms with Crippen molar-refractivity contribution in [1.82, 2.24) is 5.16 Å². The Morgan fingerprint density at radius 3 is 2.80 bits per heavy atom. The van der Waals surface area contributed by atoms with Gasteiger partial charge in [-0.25, -0.2) is 0 Å². The fraction of sp³-hybridized carbons (Fsp3) is 0.300. The van der Waals surface area contributed by atoms with Crippen molar-refractivity contribution < 1.29 is 14.0 Å². The summed E-state index contributed by atoms with van der Waals surface area (Å²) in [6, 6.07) is 1.65. The highest BCUT2D eigenvalue weighted by atomic mass is 16.5. The summed E-state index contributed by atoms with van der Waals surface area (Å²) in [6.07, 6.45) is 0. The fourth-order valence-corrected chi connectivity index (χ4v) is 1.68. The molecule has 78 valence electrons. The Morgan fingerprint density at radius 2 is 2.20 bits per heavy atom. The molecule has 0 unspecified atom stereocenters. The van der Waals surface area contributed by atoms with Gasteiger partial charge in [0.1, 0.15) is 0 Å². The third-order valence-electron chi connectivity index (χ3n) is 2.32. The first-order valence-electron chi connectivity index (χ1n) is 4.52. The van der Waals surface area contributed by atoms with Gasteiger partial charge >= 0.3 is 0 Å². The molecule has 0 saturated heterocycles. The van der Waals surface area contributed by atoms with Crippen molar-refractivity contribution in [3.05, 3.63) is 28.2 Å². The SMILES string of the molecule is CC(=O)c1c(C)cc2onc(C)c2[n+]1[O-]. The van der Waals surface area contributed by atoms with Crippen LogP contribution in [-0.4, -0.2) is 10.9 Å². The van der Waals surface area contributed by atoms with Crippen LogP contribution in [0.15, 0.2) is 10.6 Å². The molecule has 5 heteroatoms. The first-order chi connectivity index (χ1) is 7.02. The molecular weight excluding hydrogens is 196 g/mol. The van der Waals surface area contributed by atoms with E-state index in [1.165, 1.54) is 6.92 Å². The van der Waals surface area contributed by atoms with Crippen molar-refractivity contribution in [3.8, 4) is 0 Å². The first-order valence-corrected chi connectivity index (χ1v) is 4.52. The van der Waals surface area contributed by atoms with Crippen LogP contribution in [0.25, 0.3) is 11.1 Å². The van der Waals surface area contributed by atoms with Crippen LogP contribution in [0, 0.1) is 19.1 Å². The zero-order valence-corrected chi connectivity index (χ0v) is 8.70. The zero-order valence-electron chi connectivity index (χ0n) is 8.70. The number of nitrogens with zero attached hydrogens (tertiary/aromatic N) is 2. The summed E-state index contributed by atoms with van der Waals surface area (Å²) < 4.78 is 5.56. The van der Waals surface area contributed by atoms with E-state index in [0.717, 1.165) is 0 Å². The predicted molar refractivity (Wildman–Crippen MR) is 52.4 cm³/mol. The molecule has 2 aromatic heterocycles. The van der Waals surface area contributed by atoms with E-state index in [2.05, 4.69) is 5.16 Å². The number of aromatic nitrogens is 2. The number of fused-ring (bicyclic) bond motifs is 1. The second-order valence-electron chi connectivity index (χ2n) is 3.51. The van der Waals surface area contributed by atoms with Crippen molar-refractivity contribution in [3.63, 3.8) is 0 Å². The molecule has 0 amide bonds. The van der Waals surface area contributed by atoms with Crippen molar-refractivity contribution in [2.75, 3.05) is 0 Å². The lowest BCUT2D eigenvalue weighted by molar-refractivity contribution is -0.580. The lowest BCUT2D eigenvalue weighted by Crippen LogP contribution is -2.36. The second-order valence-corrected chi connectivity index (χ2v) is 3.51. The number of carbonyl (C=O) groups excluding carboxylic acids is 1. The lowest BCUT2D eigenvalue weighted by atomic mass is 10.1. The smallest absolute Gasteiger partial charge is 0.287 e. The van der Waals surface area contributed by atoms with Gasteiger partial charge in [-0.05, 0) is 13.8 Å². The Balaban J connectivity index is 2.93. The maximum absolute atomic E-state index is 11.9. The van der Waals surface area contributed by atoms with E-state index in [4.69, 9.17) is 4.52 Å². The highest BCUT2D eigenvalue weighted by Crippen LogP contribution is 2.17. The topological polar surface area (TPSA) is 70.0 Å². The molecule has 0 radical (unpaired) electrons. The van der Waals surface area contributed by atoms with Crippen molar-refractivity contribution in [2.45, 2.75) is 20.8 Å². The number of Topliss-reactive ketones (excluding diaryl/α,β-unsaturated/α-hetero) is 1. The summed E-state index contributed by atoms with van der Waals surface area (Å²) >= 11 is 0. The Labute approximate surface area is 85.9 Å². The van der Waals surface area contributed by atoms with E-state index in [1.54, 1.807) is 19.9 Å². The van der Waals surface area contributed by atoms with Gasteiger partial charge in [-0.15, -0.1) is 0 Å². The highest BCUT2D eigenvalue weighted by molar-refractivity contribution is 5.93. The van der Waals surface area contributed by atoms with Crippen LogP contribution in [-0.2, 0) is 0 Å². The molecule has 2 heterocycles. The summed E-state index contributed by atoms with van der Waals surface area (Å²) in [5.41, 5.74) is 1.97. The number of pyridine rings is 1. The molecule has 0 saturated carbocycles. The quantitative estimate of drug-likeness (QED) is 0.400. The van der Waals surface area contributed by atoms with Crippen LogP contribution in [0.1, 0.15) is 28.7 Å². The number of hydrogen-bond acceptors (Lipinski definition) is 4. The van der Waals surface area contributed by atoms with Crippen LogP contribution >= 0.6 is 0 Å². The molecule has 2 rings (SSSR count). The number of hydrogen-bond donors (Lipinski definition) is 0. The number of carbonyl (C=O) groups is 1. The Morgan fingerprint density at radius 1 is 1.53 bits per heavy atom. The second kappa shape index (κ2) is 3.05. The van der Waals surface area contributed by atoms with Crippen molar-refractivity contribution >= 4 is 16.9 Å². The van der Waals surface area contributed by atoms with Crippen molar-refractivity contribution in [2.24, 2.45) is 0 Å². The maximum Gasteiger partial charge on any atom is 0.287 e. The van der Waals surface area contributed by atoms with E-state index in [1.807, 2.05) is 0 Å². The van der Waals surface area contributed by atoms with Gasteiger partial charge in [0.25, 0.3) is 11.2 Å². The van der Waals surface area contributed by atoms with Crippen LogP contribution in [0.3, 0.4) is 0 Å². The maximum atomic E-state index is 11.9. The molecule has 0 spiro atoms. The van der Waals surface area contributed by atoms with Crippen LogP contribution in [0.2, 0.25) is 0 Å². The minimum atomic E-state index is -0.259. The molecule has 0 atom stereocenters. The van der Waals surface area contributed by atoms with Gasteiger partial charge in [0.05, 0.1) is 0 Å². The summed E-state index contributed by atoms with van der Waals surface area (Å²) in [5.74, 6) is -0.259. The number of ketones is 1. The van der Waals surface area contributed by atoms with Gasteiger partial charge in [0.2, 0.25) is 11.4 Å². The van der Waals surface area contributed by atoms with Crippen LogP contribution < -0.4 is 4.73 Å². The molecule has 0 aliphatic carbocycles. The van der Waals surface area contributed by atoms with Gasteiger partial charge in [-0.1, -0.05) is 5.16 Å². The molecule has 0 bridgehead atoms. The fourth-order valence-electron chi connectivity index (χ4n) is 1.68. The molecule has 0 aliphatic heterocycles. The molecule has 0 fully saturated rings. The number of aryl methyl sites for hydroxylation is 2. The minimum absolute atomic E-state index is 0.147. The molecular formula is C10H10N2O3. The van der Waals surface area contributed by atoms with Gasteiger partial charge in [0.15, 0.2) is 5.69 Å². The summed E-state index contributed by atoms with van der Waals surface area (Å²) in [6.45, 7) is 4.73. The largest absolute Gasteiger partial charge is 0.618 e. The van der Waals surface area contributed by atoms with Gasteiger partial charge in [-0.2, -0.15) is 4.73 Å². The summed E-state index contributed by atoms with van der Waals surface area (Å²) in [7, 11) is 0. The van der Waals surface area contributed by atoms with Crippen LogP contribution in [0.4, 0.5) is 0 Å².